The van der Waals surface area contributed by atoms with Crippen LogP contribution in [0.3, 0.4) is 0 Å². The van der Waals surface area contributed by atoms with Gasteiger partial charge in [-0.3, -0.25) is 4.72 Å². The Morgan fingerprint density at radius 2 is 1.90 bits per heavy atom. The number of rotatable bonds is 4. The first kappa shape index (κ1) is 15.1. The van der Waals surface area contributed by atoms with Gasteiger partial charge in [0.2, 0.25) is 10.0 Å². The fourth-order valence-corrected chi connectivity index (χ4v) is 4.23. The van der Waals surface area contributed by atoms with E-state index in [1.165, 1.54) is 18.2 Å². The Kier molecular flexibility index (Phi) is 4.55. The van der Waals surface area contributed by atoms with Crippen LogP contribution in [0.25, 0.3) is 0 Å². The summed E-state index contributed by atoms with van der Waals surface area (Å²) in [6, 6.07) is 3.95. The maximum Gasteiger partial charge on any atom is 0.335 e. The highest BCUT2D eigenvalue weighted by Crippen LogP contribution is 2.28. The van der Waals surface area contributed by atoms with Gasteiger partial charge in [0.25, 0.3) is 0 Å². The van der Waals surface area contributed by atoms with Crippen LogP contribution in [-0.4, -0.2) is 24.7 Å². The van der Waals surface area contributed by atoms with Gasteiger partial charge in [0.1, 0.15) is 0 Å². The maximum absolute atomic E-state index is 12.2. The van der Waals surface area contributed by atoms with E-state index in [0.29, 0.717) is 12.8 Å². The molecule has 0 bridgehead atoms. The van der Waals surface area contributed by atoms with Gasteiger partial charge in [0.05, 0.1) is 21.5 Å². The van der Waals surface area contributed by atoms with Crippen LogP contribution < -0.4 is 4.72 Å². The molecule has 2 rings (SSSR count). The lowest BCUT2D eigenvalue weighted by Gasteiger charge is -2.22. The van der Waals surface area contributed by atoms with E-state index in [9.17, 15) is 13.2 Å². The lowest BCUT2D eigenvalue weighted by molar-refractivity contribution is 0.0697. The molecule has 20 heavy (non-hydrogen) atoms. The SMILES string of the molecule is O=C(O)c1ccc(NS(=O)(=O)C2CCCCC2)c(Cl)c1. The zero-order valence-corrected chi connectivity index (χ0v) is 12.4. The molecule has 0 heterocycles. The Hall–Kier alpha value is -1.27. The van der Waals surface area contributed by atoms with E-state index < -0.39 is 21.2 Å². The predicted octanol–water partition coefficient (Wildman–Crippen LogP) is 3.11. The molecule has 2 N–H and O–H groups in total. The third-order valence-corrected chi connectivity index (χ3v) is 5.63. The van der Waals surface area contributed by atoms with Gasteiger partial charge >= 0.3 is 5.97 Å². The molecule has 1 aliphatic rings. The minimum absolute atomic E-state index is 0.0237. The number of anilines is 1. The molecule has 0 atom stereocenters. The molecule has 0 radical (unpaired) electrons. The molecule has 1 fully saturated rings. The van der Waals surface area contributed by atoms with Crippen LogP contribution in [0.15, 0.2) is 18.2 Å². The van der Waals surface area contributed by atoms with Crippen molar-refractivity contribution in [3.63, 3.8) is 0 Å². The van der Waals surface area contributed by atoms with E-state index in [1.807, 2.05) is 0 Å². The summed E-state index contributed by atoms with van der Waals surface area (Å²) in [6.07, 6.45) is 4.20. The van der Waals surface area contributed by atoms with Crippen molar-refractivity contribution in [2.75, 3.05) is 4.72 Å². The molecule has 0 aliphatic heterocycles. The fraction of sp³-hybridized carbons (Fsp3) is 0.462. The molecular formula is C13H16ClNO4S. The summed E-state index contributed by atoms with van der Waals surface area (Å²) >= 11 is 5.93. The lowest BCUT2D eigenvalue weighted by atomic mass is 10.0. The number of benzene rings is 1. The molecule has 7 heteroatoms. The monoisotopic (exact) mass is 317 g/mol. The van der Waals surface area contributed by atoms with Gasteiger partial charge < -0.3 is 5.11 Å². The van der Waals surface area contributed by atoms with Gasteiger partial charge in [-0.2, -0.15) is 0 Å². The Labute approximate surface area is 123 Å². The van der Waals surface area contributed by atoms with Crippen LogP contribution in [0.4, 0.5) is 5.69 Å². The summed E-state index contributed by atoms with van der Waals surface area (Å²) in [6.45, 7) is 0. The second-order valence-electron chi connectivity index (χ2n) is 4.91. The first-order chi connectivity index (χ1) is 9.40. The standard InChI is InChI=1S/C13H16ClNO4S/c14-11-8-9(13(16)17)6-7-12(11)15-20(18,19)10-4-2-1-3-5-10/h6-8,10,15H,1-5H2,(H,16,17). The quantitative estimate of drug-likeness (QED) is 0.893. The fourth-order valence-electron chi connectivity index (χ4n) is 2.34. The van der Waals surface area contributed by atoms with Crippen molar-refractivity contribution in [1.82, 2.24) is 0 Å². The zero-order chi connectivity index (χ0) is 14.8. The van der Waals surface area contributed by atoms with Crippen LogP contribution in [0.5, 0.6) is 0 Å². The summed E-state index contributed by atoms with van der Waals surface area (Å²) in [5.41, 5.74) is 0.248. The average molecular weight is 318 g/mol. The maximum atomic E-state index is 12.2. The number of sulfonamides is 1. The molecule has 1 aliphatic carbocycles. The molecule has 0 saturated heterocycles. The van der Waals surface area contributed by atoms with Gasteiger partial charge in [-0.25, -0.2) is 13.2 Å². The van der Waals surface area contributed by atoms with Gasteiger partial charge in [0.15, 0.2) is 0 Å². The molecule has 0 amide bonds. The molecule has 1 saturated carbocycles. The molecule has 5 nitrogen and oxygen atoms in total. The summed E-state index contributed by atoms with van der Waals surface area (Å²) in [5.74, 6) is -1.10. The van der Waals surface area contributed by atoms with E-state index in [-0.39, 0.29) is 16.3 Å². The number of aromatic carboxylic acids is 1. The van der Waals surface area contributed by atoms with E-state index in [2.05, 4.69) is 4.72 Å². The summed E-state index contributed by atoms with van der Waals surface area (Å²) < 4.78 is 26.9. The van der Waals surface area contributed by atoms with Crippen LogP contribution in [0.1, 0.15) is 42.5 Å². The molecular weight excluding hydrogens is 302 g/mol. The molecule has 0 aromatic heterocycles. The summed E-state index contributed by atoms with van der Waals surface area (Å²) in [5, 5.41) is 8.53. The summed E-state index contributed by atoms with van der Waals surface area (Å²) in [7, 11) is -3.47. The highest BCUT2D eigenvalue weighted by Gasteiger charge is 2.27. The van der Waals surface area contributed by atoms with Crippen molar-refractivity contribution in [3.05, 3.63) is 28.8 Å². The van der Waals surface area contributed by atoms with E-state index >= 15 is 0 Å². The smallest absolute Gasteiger partial charge is 0.335 e. The Morgan fingerprint density at radius 3 is 2.45 bits per heavy atom. The van der Waals surface area contributed by atoms with Gasteiger partial charge in [0, 0.05) is 0 Å². The first-order valence-electron chi connectivity index (χ1n) is 6.44. The molecule has 0 spiro atoms. The topological polar surface area (TPSA) is 83.5 Å². The van der Waals surface area contributed by atoms with Crippen molar-refractivity contribution >= 4 is 33.3 Å². The molecule has 1 aromatic carbocycles. The number of nitrogens with one attached hydrogen (secondary N) is 1. The van der Waals surface area contributed by atoms with E-state index in [1.54, 1.807) is 0 Å². The van der Waals surface area contributed by atoms with E-state index in [4.69, 9.17) is 16.7 Å². The number of carbonyl (C=O) groups is 1. The number of carboxylic acids is 1. The normalized spacial score (nSPS) is 16.9. The van der Waals surface area contributed by atoms with Crippen LogP contribution in [0.2, 0.25) is 5.02 Å². The third kappa shape index (κ3) is 3.43. The van der Waals surface area contributed by atoms with Gasteiger partial charge in [-0.05, 0) is 31.0 Å². The van der Waals surface area contributed by atoms with Crippen LogP contribution in [0, 0.1) is 0 Å². The zero-order valence-electron chi connectivity index (χ0n) is 10.8. The van der Waals surface area contributed by atoms with Crippen molar-refractivity contribution in [3.8, 4) is 0 Å². The van der Waals surface area contributed by atoms with Crippen molar-refractivity contribution in [2.45, 2.75) is 37.4 Å². The highest BCUT2D eigenvalue weighted by molar-refractivity contribution is 7.93. The van der Waals surface area contributed by atoms with Gasteiger partial charge in [-0.1, -0.05) is 30.9 Å². The lowest BCUT2D eigenvalue weighted by Crippen LogP contribution is -2.29. The van der Waals surface area contributed by atoms with Crippen molar-refractivity contribution < 1.29 is 18.3 Å². The Morgan fingerprint density at radius 1 is 1.25 bits per heavy atom. The molecule has 0 unspecified atom stereocenters. The highest BCUT2D eigenvalue weighted by atomic mass is 35.5. The van der Waals surface area contributed by atoms with Crippen LogP contribution in [-0.2, 0) is 10.0 Å². The number of hydrogen-bond acceptors (Lipinski definition) is 3. The predicted molar refractivity (Wildman–Crippen MR) is 77.8 cm³/mol. The van der Waals surface area contributed by atoms with E-state index in [0.717, 1.165) is 19.3 Å². The minimum Gasteiger partial charge on any atom is -0.478 e. The second kappa shape index (κ2) is 6.01. The number of halogens is 1. The number of carboxylic acid groups (broad SMARTS) is 1. The second-order valence-corrected chi connectivity index (χ2v) is 7.27. The number of hydrogen-bond donors (Lipinski definition) is 2. The summed E-state index contributed by atoms with van der Waals surface area (Å²) in [4.78, 5) is 10.8. The Balaban J connectivity index is 2.18. The van der Waals surface area contributed by atoms with Gasteiger partial charge in [-0.15, -0.1) is 0 Å². The van der Waals surface area contributed by atoms with Crippen molar-refractivity contribution in [1.29, 1.82) is 0 Å². The molecule has 110 valence electrons. The Bertz CT molecular complexity index is 609. The van der Waals surface area contributed by atoms with Crippen molar-refractivity contribution in [2.24, 2.45) is 0 Å². The first-order valence-corrected chi connectivity index (χ1v) is 8.37. The average Bonchev–Trinajstić information content (AvgIpc) is 2.41. The third-order valence-electron chi connectivity index (χ3n) is 3.46. The minimum atomic E-state index is -3.47. The van der Waals surface area contributed by atoms with Crippen LogP contribution >= 0.6 is 11.6 Å². The largest absolute Gasteiger partial charge is 0.478 e. The molecule has 1 aromatic rings.